The summed E-state index contributed by atoms with van der Waals surface area (Å²) in [6.45, 7) is 3.24. The lowest BCUT2D eigenvalue weighted by molar-refractivity contribution is 0.153. The minimum atomic E-state index is 0.305. The fourth-order valence-corrected chi connectivity index (χ4v) is 4.63. The predicted molar refractivity (Wildman–Crippen MR) is 129 cm³/mol. The summed E-state index contributed by atoms with van der Waals surface area (Å²) < 4.78 is 0. The van der Waals surface area contributed by atoms with Crippen molar-refractivity contribution in [2.75, 3.05) is 0 Å². The van der Waals surface area contributed by atoms with Crippen molar-refractivity contribution < 1.29 is 0 Å². The van der Waals surface area contributed by atoms with Gasteiger partial charge in [-0.25, -0.2) is 4.98 Å². The first-order valence-electron chi connectivity index (χ1n) is 11.7. The first-order chi connectivity index (χ1) is 16.3. The third-order valence-electron chi connectivity index (χ3n) is 6.28. The van der Waals surface area contributed by atoms with E-state index in [0.29, 0.717) is 6.04 Å². The Hall–Kier alpha value is -3.35. The lowest BCUT2D eigenvalue weighted by Gasteiger charge is -2.34. The largest absolute Gasteiger partial charge is 0.348 e. The minimum Gasteiger partial charge on any atom is -0.348 e. The van der Waals surface area contributed by atoms with E-state index in [1.54, 1.807) is 0 Å². The van der Waals surface area contributed by atoms with Crippen LogP contribution in [-0.4, -0.2) is 24.8 Å². The summed E-state index contributed by atoms with van der Waals surface area (Å²) in [7, 11) is 0. The van der Waals surface area contributed by atoms with Crippen LogP contribution in [0, 0.1) is 0 Å². The van der Waals surface area contributed by atoms with Gasteiger partial charge in [0.15, 0.2) is 0 Å². The van der Waals surface area contributed by atoms with Gasteiger partial charge in [0.05, 0.1) is 24.0 Å². The quantitative estimate of drug-likeness (QED) is 0.401. The number of aromatic amines is 1. The molecule has 33 heavy (non-hydrogen) atoms. The molecule has 1 aliphatic rings. The van der Waals surface area contributed by atoms with Gasteiger partial charge in [-0.1, -0.05) is 36.4 Å². The molecule has 6 nitrogen and oxygen atoms in total. The van der Waals surface area contributed by atoms with Crippen LogP contribution in [0.25, 0.3) is 0 Å². The van der Waals surface area contributed by atoms with Crippen molar-refractivity contribution in [3.63, 3.8) is 0 Å². The Kier molecular flexibility index (Phi) is 6.85. The van der Waals surface area contributed by atoms with Gasteiger partial charge in [0, 0.05) is 44.4 Å². The molecule has 1 atom stereocenters. The van der Waals surface area contributed by atoms with Gasteiger partial charge in [-0.2, -0.15) is 0 Å². The van der Waals surface area contributed by atoms with E-state index >= 15 is 0 Å². The van der Waals surface area contributed by atoms with Crippen molar-refractivity contribution in [1.29, 1.82) is 0 Å². The zero-order valence-corrected chi connectivity index (χ0v) is 18.8. The number of nitrogens with zero attached hydrogens (tertiary/aromatic N) is 4. The smallest absolute Gasteiger partial charge is 0.120 e. The number of benzene rings is 1. The highest BCUT2D eigenvalue weighted by Crippen LogP contribution is 2.34. The van der Waals surface area contributed by atoms with Crippen LogP contribution in [0.3, 0.4) is 0 Å². The van der Waals surface area contributed by atoms with Gasteiger partial charge in [0.25, 0.3) is 0 Å². The second-order valence-corrected chi connectivity index (χ2v) is 8.64. The van der Waals surface area contributed by atoms with Gasteiger partial charge in [0.1, 0.15) is 5.82 Å². The molecule has 2 N–H and O–H groups in total. The third kappa shape index (κ3) is 5.53. The Morgan fingerprint density at radius 3 is 2.55 bits per heavy atom. The highest BCUT2D eigenvalue weighted by atomic mass is 15.2. The molecule has 3 aromatic heterocycles. The maximum absolute atomic E-state index is 4.78. The first kappa shape index (κ1) is 21.5. The lowest BCUT2D eigenvalue weighted by atomic mass is 9.90. The predicted octanol–water partition coefficient (Wildman–Crippen LogP) is 4.57. The minimum absolute atomic E-state index is 0.305. The average Bonchev–Trinajstić information content (AvgIpc) is 3.38. The number of nitrogens with one attached hydrogen (secondary N) is 2. The molecule has 0 amide bonds. The monoisotopic (exact) mass is 438 g/mol. The normalized spacial score (nSPS) is 15.5. The number of imidazole rings is 1. The van der Waals surface area contributed by atoms with E-state index < -0.39 is 0 Å². The highest BCUT2D eigenvalue weighted by molar-refractivity contribution is 5.27. The first-order valence-corrected chi connectivity index (χ1v) is 11.7. The van der Waals surface area contributed by atoms with Crippen molar-refractivity contribution in [2.45, 2.75) is 51.5 Å². The second-order valence-electron chi connectivity index (χ2n) is 8.64. The van der Waals surface area contributed by atoms with Gasteiger partial charge in [-0.05, 0) is 54.2 Å². The molecule has 1 aromatic carbocycles. The van der Waals surface area contributed by atoms with Crippen LogP contribution in [0.2, 0.25) is 0 Å². The van der Waals surface area contributed by atoms with Crippen LogP contribution in [0.1, 0.15) is 52.8 Å². The molecule has 0 aliphatic heterocycles. The zero-order valence-electron chi connectivity index (χ0n) is 18.8. The molecule has 0 radical (unpaired) electrons. The number of pyridine rings is 2. The standard InChI is InChI=1S/C27H30N6/c1-2-13-29-24(7-1)18-28-17-21-9-11-22(12-10-21)19-33(20-26-30-15-16-31-26)25-8-3-5-23-6-4-14-32-27(23)25/h1-2,4,6-7,9-16,25,28H,3,5,8,17-20H2,(H,30,31). The molecule has 0 bridgehead atoms. The maximum Gasteiger partial charge on any atom is 0.120 e. The highest BCUT2D eigenvalue weighted by Gasteiger charge is 2.27. The van der Waals surface area contributed by atoms with Crippen LogP contribution >= 0.6 is 0 Å². The summed E-state index contributed by atoms with van der Waals surface area (Å²) in [4.78, 5) is 19.4. The Bertz CT molecular complexity index is 1130. The lowest BCUT2D eigenvalue weighted by Crippen LogP contribution is -2.31. The molecule has 4 aromatic rings. The number of hydrogen-bond donors (Lipinski definition) is 2. The van der Waals surface area contributed by atoms with Crippen LogP contribution in [0.5, 0.6) is 0 Å². The van der Waals surface area contributed by atoms with Crippen molar-refractivity contribution in [1.82, 2.24) is 30.2 Å². The Morgan fingerprint density at radius 2 is 1.73 bits per heavy atom. The van der Waals surface area contributed by atoms with E-state index in [2.05, 4.69) is 61.6 Å². The van der Waals surface area contributed by atoms with Gasteiger partial charge >= 0.3 is 0 Å². The van der Waals surface area contributed by atoms with Crippen molar-refractivity contribution in [3.05, 3.63) is 113 Å². The topological polar surface area (TPSA) is 69.7 Å². The summed E-state index contributed by atoms with van der Waals surface area (Å²) in [5.41, 5.74) is 6.25. The molecule has 5 rings (SSSR count). The van der Waals surface area contributed by atoms with E-state index in [1.165, 1.54) is 28.8 Å². The molecule has 1 aliphatic carbocycles. The molecule has 0 spiro atoms. The summed E-state index contributed by atoms with van der Waals surface area (Å²) in [5, 5.41) is 3.48. The molecule has 3 heterocycles. The van der Waals surface area contributed by atoms with Crippen LogP contribution < -0.4 is 5.32 Å². The molecule has 0 saturated heterocycles. The number of hydrogen-bond acceptors (Lipinski definition) is 5. The average molecular weight is 439 g/mol. The SMILES string of the molecule is c1ccc(CNCc2ccc(CN(Cc3ncc[nH]3)C3CCCc4cccnc43)cc2)nc1. The van der Waals surface area contributed by atoms with Crippen LogP contribution in [0.4, 0.5) is 0 Å². The number of rotatable bonds is 9. The fraction of sp³-hybridized carbons (Fsp3) is 0.296. The van der Waals surface area contributed by atoms with Gasteiger partial charge < -0.3 is 10.3 Å². The molecular weight excluding hydrogens is 408 g/mol. The summed E-state index contributed by atoms with van der Waals surface area (Å²) in [6, 6.07) is 19.5. The second kappa shape index (κ2) is 10.5. The molecule has 0 saturated carbocycles. The van der Waals surface area contributed by atoms with E-state index in [9.17, 15) is 0 Å². The van der Waals surface area contributed by atoms with Gasteiger partial charge in [-0.15, -0.1) is 0 Å². The van der Waals surface area contributed by atoms with Crippen molar-refractivity contribution >= 4 is 0 Å². The molecule has 1 unspecified atom stereocenters. The zero-order chi connectivity index (χ0) is 22.3. The Morgan fingerprint density at radius 1 is 0.848 bits per heavy atom. The number of aromatic nitrogens is 4. The summed E-state index contributed by atoms with van der Waals surface area (Å²) in [5.74, 6) is 0.994. The van der Waals surface area contributed by atoms with Gasteiger partial charge in [0.2, 0.25) is 0 Å². The van der Waals surface area contributed by atoms with Crippen molar-refractivity contribution in [3.8, 4) is 0 Å². The van der Waals surface area contributed by atoms with E-state index in [1.807, 2.05) is 43.0 Å². The van der Waals surface area contributed by atoms with Crippen molar-refractivity contribution in [2.24, 2.45) is 0 Å². The number of H-pyrrole nitrogens is 1. The Balaban J connectivity index is 1.27. The fourth-order valence-electron chi connectivity index (χ4n) is 4.63. The molecule has 0 fully saturated rings. The number of aryl methyl sites for hydroxylation is 1. The molecular formula is C27H30N6. The van der Waals surface area contributed by atoms with E-state index in [0.717, 1.165) is 50.5 Å². The summed E-state index contributed by atoms with van der Waals surface area (Å²) in [6.07, 6.45) is 10.9. The van der Waals surface area contributed by atoms with Gasteiger partial charge in [-0.3, -0.25) is 14.9 Å². The molecule has 168 valence electrons. The van der Waals surface area contributed by atoms with Crippen LogP contribution in [0.15, 0.2) is 79.4 Å². The summed E-state index contributed by atoms with van der Waals surface area (Å²) >= 11 is 0. The van der Waals surface area contributed by atoms with E-state index in [-0.39, 0.29) is 0 Å². The number of fused-ring (bicyclic) bond motifs is 1. The third-order valence-corrected chi connectivity index (χ3v) is 6.28. The maximum atomic E-state index is 4.78. The van der Waals surface area contributed by atoms with Crippen LogP contribution in [-0.2, 0) is 32.6 Å². The molecule has 6 heteroatoms. The van der Waals surface area contributed by atoms with E-state index in [4.69, 9.17) is 4.98 Å². The Labute approximate surface area is 195 Å².